The number of rotatable bonds is 6. The number of nitrogens with one attached hydrogen (secondary N) is 1. The molecule has 5 heteroatoms. The Morgan fingerprint density at radius 3 is 2.90 bits per heavy atom. The lowest BCUT2D eigenvalue weighted by atomic mass is 10.2. The fourth-order valence-electron chi connectivity index (χ4n) is 1.97. The minimum atomic E-state index is -0.0274. The summed E-state index contributed by atoms with van der Waals surface area (Å²) in [4.78, 5) is 18.1. The van der Waals surface area contributed by atoms with Crippen LogP contribution in [0.3, 0.4) is 0 Å². The van der Waals surface area contributed by atoms with Crippen LogP contribution in [0.5, 0.6) is 0 Å². The number of hydrogen-bond donors (Lipinski definition) is 1. The summed E-state index contributed by atoms with van der Waals surface area (Å²) in [6, 6.07) is 8.02. The molecule has 0 atom stereocenters. The van der Waals surface area contributed by atoms with Gasteiger partial charge in [0.1, 0.15) is 5.01 Å². The second kappa shape index (κ2) is 7.24. The smallest absolute Gasteiger partial charge is 0.317 e. The predicted molar refractivity (Wildman–Crippen MR) is 84.0 cm³/mol. The summed E-state index contributed by atoms with van der Waals surface area (Å²) >= 11 is 1.64. The molecular formula is C15H21N3OS. The van der Waals surface area contributed by atoms with E-state index < -0.39 is 0 Å². The summed E-state index contributed by atoms with van der Waals surface area (Å²) in [5.74, 6) is 0. The maximum atomic E-state index is 11.9. The molecule has 108 valence electrons. The van der Waals surface area contributed by atoms with E-state index in [0.717, 1.165) is 36.3 Å². The number of unbranched alkanes of at least 4 members (excludes halogenated alkanes) is 2. The van der Waals surface area contributed by atoms with E-state index in [1.165, 1.54) is 4.70 Å². The number of aromatic nitrogens is 1. The molecule has 0 saturated carbocycles. The second-order valence-electron chi connectivity index (χ2n) is 4.87. The molecule has 20 heavy (non-hydrogen) atoms. The number of benzene rings is 1. The molecule has 2 aromatic rings. The Kier molecular flexibility index (Phi) is 5.35. The van der Waals surface area contributed by atoms with Crippen LogP contribution in [-0.4, -0.2) is 29.5 Å². The Hall–Kier alpha value is -1.62. The predicted octanol–water partition coefficient (Wildman–Crippen LogP) is 3.63. The Morgan fingerprint density at radius 2 is 2.15 bits per heavy atom. The molecular weight excluding hydrogens is 270 g/mol. The van der Waals surface area contributed by atoms with Gasteiger partial charge in [0.2, 0.25) is 0 Å². The van der Waals surface area contributed by atoms with Gasteiger partial charge in [-0.2, -0.15) is 0 Å². The highest BCUT2D eigenvalue weighted by atomic mass is 32.1. The highest BCUT2D eigenvalue weighted by Gasteiger charge is 2.11. The molecule has 0 unspecified atom stereocenters. The largest absolute Gasteiger partial charge is 0.338 e. The fourth-order valence-corrected chi connectivity index (χ4v) is 2.99. The number of para-hydroxylation sites is 1. The standard InChI is InChI=1S/C15H21N3OS/c1-3-4-7-10-16-15(19)18(2)11-14-17-12-8-5-6-9-13(12)20-14/h5-6,8-9H,3-4,7,10-11H2,1-2H3,(H,16,19). The topological polar surface area (TPSA) is 45.2 Å². The Balaban J connectivity index is 1.86. The summed E-state index contributed by atoms with van der Waals surface area (Å²) in [6.07, 6.45) is 3.36. The average molecular weight is 291 g/mol. The van der Waals surface area contributed by atoms with Crippen molar-refractivity contribution in [3.63, 3.8) is 0 Å². The molecule has 0 fully saturated rings. The molecule has 1 heterocycles. The summed E-state index contributed by atoms with van der Waals surface area (Å²) < 4.78 is 1.17. The Morgan fingerprint density at radius 1 is 1.35 bits per heavy atom. The number of amides is 2. The zero-order valence-electron chi connectivity index (χ0n) is 12.1. The molecule has 1 aromatic carbocycles. The lowest BCUT2D eigenvalue weighted by Crippen LogP contribution is -2.37. The van der Waals surface area contributed by atoms with Gasteiger partial charge in [-0.15, -0.1) is 11.3 Å². The molecule has 0 bridgehead atoms. The van der Waals surface area contributed by atoms with Crippen LogP contribution in [0.4, 0.5) is 4.79 Å². The molecule has 0 aliphatic rings. The van der Waals surface area contributed by atoms with Gasteiger partial charge in [-0.3, -0.25) is 0 Å². The number of carbonyl (C=O) groups is 1. The summed E-state index contributed by atoms with van der Waals surface area (Å²) in [7, 11) is 1.81. The maximum Gasteiger partial charge on any atom is 0.317 e. The number of carbonyl (C=O) groups excluding carboxylic acids is 1. The van der Waals surface area contributed by atoms with Crippen LogP contribution in [0.1, 0.15) is 31.2 Å². The molecule has 4 nitrogen and oxygen atoms in total. The van der Waals surface area contributed by atoms with Gasteiger partial charge in [0.15, 0.2) is 0 Å². The first-order valence-electron chi connectivity index (χ1n) is 7.04. The second-order valence-corrected chi connectivity index (χ2v) is 5.99. The van der Waals surface area contributed by atoms with Crippen molar-refractivity contribution in [2.24, 2.45) is 0 Å². The van der Waals surface area contributed by atoms with Crippen LogP contribution >= 0.6 is 11.3 Å². The highest BCUT2D eigenvalue weighted by molar-refractivity contribution is 7.18. The lowest BCUT2D eigenvalue weighted by Gasteiger charge is -2.16. The number of thiazole rings is 1. The van der Waals surface area contributed by atoms with Crippen LogP contribution in [0.2, 0.25) is 0 Å². The van der Waals surface area contributed by atoms with Crippen LogP contribution in [0.15, 0.2) is 24.3 Å². The molecule has 2 rings (SSSR count). The van der Waals surface area contributed by atoms with Gasteiger partial charge in [0.25, 0.3) is 0 Å². The van der Waals surface area contributed by atoms with E-state index in [-0.39, 0.29) is 6.03 Å². The fraction of sp³-hybridized carbons (Fsp3) is 0.467. The van der Waals surface area contributed by atoms with Crippen molar-refractivity contribution in [2.45, 2.75) is 32.7 Å². The number of nitrogens with zero attached hydrogens (tertiary/aromatic N) is 2. The molecule has 0 saturated heterocycles. The van der Waals surface area contributed by atoms with Gasteiger partial charge in [-0.05, 0) is 18.6 Å². The number of hydrogen-bond acceptors (Lipinski definition) is 3. The van der Waals surface area contributed by atoms with E-state index in [0.29, 0.717) is 6.54 Å². The third-order valence-electron chi connectivity index (χ3n) is 3.11. The summed E-state index contributed by atoms with van der Waals surface area (Å²) in [5, 5.41) is 3.90. The average Bonchev–Trinajstić information content (AvgIpc) is 2.85. The van der Waals surface area contributed by atoms with E-state index in [1.54, 1.807) is 23.3 Å². The Bertz CT molecular complexity index is 534. The van der Waals surface area contributed by atoms with Crippen LogP contribution < -0.4 is 5.32 Å². The minimum absolute atomic E-state index is 0.0274. The van der Waals surface area contributed by atoms with E-state index >= 15 is 0 Å². The van der Waals surface area contributed by atoms with Crippen LogP contribution in [0, 0.1) is 0 Å². The number of fused-ring (bicyclic) bond motifs is 1. The van der Waals surface area contributed by atoms with E-state index in [9.17, 15) is 4.79 Å². The Labute approximate surface area is 123 Å². The van der Waals surface area contributed by atoms with Crippen molar-refractivity contribution >= 4 is 27.6 Å². The van der Waals surface area contributed by atoms with E-state index in [4.69, 9.17) is 0 Å². The van der Waals surface area contributed by atoms with Gasteiger partial charge in [-0.25, -0.2) is 9.78 Å². The van der Waals surface area contributed by atoms with Gasteiger partial charge in [-0.1, -0.05) is 31.9 Å². The van der Waals surface area contributed by atoms with Crippen LogP contribution in [0.25, 0.3) is 10.2 Å². The van der Waals surface area contributed by atoms with E-state index in [1.807, 2.05) is 18.2 Å². The zero-order chi connectivity index (χ0) is 14.4. The first kappa shape index (κ1) is 14.8. The molecule has 2 amide bonds. The number of urea groups is 1. The minimum Gasteiger partial charge on any atom is -0.338 e. The molecule has 1 aromatic heterocycles. The van der Waals surface area contributed by atoms with Gasteiger partial charge < -0.3 is 10.2 Å². The van der Waals surface area contributed by atoms with Crippen molar-refractivity contribution in [2.75, 3.05) is 13.6 Å². The highest BCUT2D eigenvalue weighted by Crippen LogP contribution is 2.22. The summed E-state index contributed by atoms with van der Waals surface area (Å²) in [6.45, 7) is 3.46. The first-order chi connectivity index (χ1) is 9.70. The van der Waals surface area contributed by atoms with Crippen molar-refractivity contribution < 1.29 is 4.79 Å². The van der Waals surface area contributed by atoms with Gasteiger partial charge in [0.05, 0.1) is 16.8 Å². The van der Waals surface area contributed by atoms with Crippen molar-refractivity contribution in [1.29, 1.82) is 0 Å². The summed E-state index contributed by atoms with van der Waals surface area (Å²) in [5.41, 5.74) is 1.00. The normalized spacial score (nSPS) is 10.7. The molecule has 0 spiro atoms. The van der Waals surface area contributed by atoms with Crippen molar-refractivity contribution in [1.82, 2.24) is 15.2 Å². The zero-order valence-corrected chi connectivity index (χ0v) is 12.9. The maximum absolute atomic E-state index is 11.9. The third kappa shape index (κ3) is 3.93. The van der Waals surface area contributed by atoms with Crippen molar-refractivity contribution in [3.05, 3.63) is 29.3 Å². The first-order valence-corrected chi connectivity index (χ1v) is 7.85. The quantitative estimate of drug-likeness (QED) is 0.826. The molecule has 0 aliphatic heterocycles. The molecule has 0 aliphatic carbocycles. The molecule has 0 radical (unpaired) electrons. The molecule has 1 N–H and O–H groups in total. The lowest BCUT2D eigenvalue weighted by molar-refractivity contribution is 0.206. The van der Waals surface area contributed by atoms with E-state index in [2.05, 4.69) is 23.3 Å². The van der Waals surface area contributed by atoms with Gasteiger partial charge >= 0.3 is 6.03 Å². The monoisotopic (exact) mass is 291 g/mol. The van der Waals surface area contributed by atoms with Gasteiger partial charge in [0, 0.05) is 13.6 Å². The van der Waals surface area contributed by atoms with Crippen molar-refractivity contribution in [3.8, 4) is 0 Å². The SMILES string of the molecule is CCCCCNC(=O)N(C)Cc1nc2ccccc2s1. The third-order valence-corrected chi connectivity index (χ3v) is 4.14. The van der Waals surface area contributed by atoms with Crippen LogP contribution in [-0.2, 0) is 6.54 Å².